The van der Waals surface area contributed by atoms with Crippen molar-refractivity contribution >= 4 is 27.5 Å². The van der Waals surface area contributed by atoms with E-state index in [0.29, 0.717) is 18.1 Å². The first-order valence-electron chi connectivity index (χ1n) is 11.4. The Labute approximate surface area is 208 Å². The highest BCUT2D eigenvalue weighted by Gasteiger charge is 2.31. The average molecular weight is 506 g/mol. The summed E-state index contributed by atoms with van der Waals surface area (Å²) in [6, 6.07) is 12.8. The van der Waals surface area contributed by atoms with Gasteiger partial charge < -0.3 is 19.7 Å². The predicted octanol–water partition coefficient (Wildman–Crippen LogP) is 2.80. The summed E-state index contributed by atoms with van der Waals surface area (Å²) in [6.07, 6.45) is 1.03. The van der Waals surface area contributed by atoms with E-state index in [1.165, 1.54) is 4.90 Å². The van der Waals surface area contributed by atoms with Gasteiger partial charge in [-0.15, -0.1) is 0 Å². The first-order chi connectivity index (χ1) is 16.5. The summed E-state index contributed by atoms with van der Waals surface area (Å²) in [4.78, 5) is 27.8. The van der Waals surface area contributed by atoms with Crippen LogP contribution in [0.2, 0.25) is 0 Å². The summed E-state index contributed by atoms with van der Waals surface area (Å²) < 4.78 is 37.3. The van der Waals surface area contributed by atoms with Crippen molar-refractivity contribution in [3.8, 4) is 11.5 Å². The minimum absolute atomic E-state index is 0.111. The van der Waals surface area contributed by atoms with Gasteiger partial charge >= 0.3 is 0 Å². The molecular weight excluding hydrogens is 470 g/mol. The second kappa shape index (κ2) is 12.4. The Balaban J connectivity index is 2.42. The van der Waals surface area contributed by atoms with Gasteiger partial charge in [-0.1, -0.05) is 24.3 Å². The first-order valence-corrected chi connectivity index (χ1v) is 13.2. The Morgan fingerprint density at radius 2 is 1.66 bits per heavy atom. The third-order valence-corrected chi connectivity index (χ3v) is 6.35. The van der Waals surface area contributed by atoms with Crippen LogP contribution in [0.15, 0.2) is 48.5 Å². The van der Waals surface area contributed by atoms with E-state index in [1.807, 2.05) is 13.8 Å². The number of methoxy groups -OCH3 is 1. The van der Waals surface area contributed by atoms with Crippen LogP contribution in [0.4, 0.5) is 5.69 Å². The highest BCUT2D eigenvalue weighted by atomic mass is 32.2. The van der Waals surface area contributed by atoms with E-state index >= 15 is 0 Å². The molecule has 0 aromatic heterocycles. The van der Waals surface area contributed by atoms with Crippen molar-refractivity contribution in [2.24, 2.45) is 0 Å². The number of anilines is 1. The van der Waals surface area contributed by atoms with E-state index in [0.717, 1.165) is 16.1 Å². The van der Waals surface area contributed by atoms with Crippen molar-refractivity contribution in [3.63, 3.8) is 0 Å². The number of para-hydroxylation sites is 2. The second-order valence-electron chi connectivity index (χ2n) is 8.38. The number of sulfonamides is 1. The van der Waals surface area contributed by atoms with E-state index in [1.54, 1.807) is 69.5 Å². The molecule has 1 unspecified atom stereocenters. The Morgan fingerprint density at radius 1 is 1.03 bits per heavy atom. The van der Waals surface area contributed by atoms with Crippen LogP contribution >= 0.6 is 0 Å². The van der Waals surface area contributed by atoms with Gasteiger partial charge in [0.2, 0.25) is 21.8 Å². The topological polar surface area (TPSA) is 105 Å². The molecule has 0 aliphatic carbocycles. The zero-order valence-corrected chi connectivity index (χ0v) is 22.0. The Morgan fingerprint density at radius 3 is 2.20 bits per heavy atom. The number of hydrogen-bond acceptors (Lipinski definition) is 6. The number of amides is 2. The van der Waals surface area contributed by atoms with Crippen LogP contribution in [-0.2, 0) is 26.2 Å². The molecule has 0 spiro atoms. The minimum Gasteiger partial charge on any atom is -0.497 e. The van der Waals surface area contributed by atoms with E-state index in [4.69, 9.17) is 9.47 Å². The van der Waals surface area contributed by atoms with Gasteiger partial charge in [-0.05, 0) is 57.5 Å². The molecule has 2 aromatic carbocycles. The van der Waals surface area contributed by atoms with Crippen molar-refractivity contribution in [1.82, 2.24) is 10.2 Å². The van der Waals surface area contributed by atoms with Crippen LogP contribution in [0, 0.1) is 0 Å². The normalized spacial score (nSPS) is 12.1. The fraction of sp³-hybridized carbons (Fsp3) is 0.440. The number of nitrogens with one attached hydrogen (secondary N) is 1. The summed E-state index contributed by atoms with van der Waals surface area (Å²) >= 11 is 0. The number of hydrogen-bond donors (Lipinski definition) is 1. The Hall–Kier alpha value is -3.27. The number of carbonyl (C=O) groups is 2. The van der Waals surface area contributed by atoms with Crippen LogP contribution in [0.3, 0.4) is 0 Å². The molecule has 0 radical (unpaired) electrons. The Kier molecular flexibility index (Phi) is 9.94. The van der Waals surface area contributed by atoms with Crippen molar-refractivity contribution in [2.45, 2.75) is 46.3 Å². The molecule has 0 aliphatic heterocycles. The molecule has 0 aliphatic rings. The van der Waals surface area contributed by atoms with Crippen LogP contribution in [-0.4, -0.2) is 63.7 Å². The third-order valence-electron chi connectivity index (χ3n) is 5.22. The minimum atomic E-state index is -3.85. The SMILES string of the molecule is CCOc1ccccc1N(CC(=O)N(Cc1ccc(OC)cc1)C(C)C(=O)NC(C)C)S(C)(=O)=O. The number of rotatable bonds is 12. The number of carbonyl (C=O) groups excluding carboxylic acids is 2. The van der Waals surface area contributed by atoms with Crippen LogP contribution in [0.1, 0.15) is 33.3 Å². The van der Waals surface area contributed by atoms with Gasteiger partial charge in [-0.2, -0.15) is 0 Å². The molecule has 10 heteroatoms. The lowest BCUT2D eigenvalue weighted by molar-refractivity contribution is -0.139. The fourth-order valence-corrected chi connectivity index (χ4v) is 4.30. The van der Waals surface area contributed by atoms with Gasteiger partial charge in [0.15, 0.2) is 0 Å². The van der Waals surface area contributed by atoms with Gasteiger partial charge in [0, 0.05) is 12.6 Å². The average Bonchev–Trinajstić information content (AvgIpc) is 2.80. The molecule has 1 N–H and O–H groups in total. The van der Waals surface area contributed by atoms with Gasteiger partial charge in [-0.3, -0.25) is 13.9 Å². The molecular formula is C25H35N3O6S. The lowest BCUT2D eigenvalue weighted by atomic mass is 10.1. The molecule has 2 amide bonds. The van der Waals surface area contributed by atoms with Crippen molar-refractivity contribution in [2.75, 3.05) is 30.8 Å². The monoisotopic (exact) mass is 505 g/mol. The zero-order valence-electron chi connectivity index (χ0n) is 21.1. The quantitative estimate of drug-likeness (QED) is 0.476. The molecule has 0 bridgehead atoms. The van der Waals surface area contributed by atoms with Gasteiger partial charge in [-0.25, -0.2) is 8.42 Å². The highest BCUT2D eigenvalue weighted by Crippen LogP contribution is 2.30. The zero-order chi connectivity index (χ0) is 26.2. The standard InChI is InChI=1S/C25H35N3O6S/c1-7-34-23-11-9-8-10-22(23)28(35(6,31)32)17-24(29)27(19(4)25(30)26-18(2)3)16-20-12-14-21(33-5)15-13-20/h8-15,18-19H,7,16-17H2,1-6H3,(H,26,30). The second-order valence-corrected chi connectivity index (χ2v) is 10.3. The fourth-order valence-electron chi connectivity index (χ4n) is 3.45. The van der Waals surface area contributed by atoms with Crippen molar-refractivity contribution in [1.29, 1.82) is 0 Å². The van der Waals surface area contributed by atoms with E-state index < -0.39 is 28.5 Å². The molecule has 192 valence electrons. The summed E-state index contributed by atoms with van der Waals surface area (Å²) in [7, 11) is -2.29. The summed E-state index contributed by atoms with van der Waals surface area (Å²) in [6.45, 7) is 7.03. The smallest absolute Gasteiger partial charge is 0.244 e. The summed E-state index contributed by atoms with van der Waals surface area (Å²) in [5, 5.41) is 2.82. The van der Waals surface area contributed by atoms with Crippen molar-refractivity contribution < 1.29 is 27.5 Å². The Bertz CT molecular complexity index is 1100. The molecule has 0 saturated carbocycles. The van der Waals surface area contributed by atoms with Crippen molar-refractivity contribution in [3.05, 3.63) is 54.1 Å². The maximum Gasteiger partial charge on any atom is 0.244 e. The molecule has 9 nitrogen and oxygen atoms in total. The van der Waals surface area contributed by atoms with Gasteiger partial charge in [0.05, 0.1) is 25.7 Å². The predicted molar refractivity (Wildman–Crippen MR) is 136 cm³/mol. The molecule has 0 saturated heterocycles. The number of nitrogens with zero attached hydrogens (tertiary/aromatic N) is 2. The molecule has 2 rings (SSSR count). The maximum atomic E-state index is 13.6. The van der Waals surface area contributed by atoms with E-state index in [-0.39, 0.29) is 24.2 Å². The lowest BCUT2D eigenvalue weighted by Crippen LogP contribution is -2.52. The molecule has 35 heavy (non-hydrogen) atoms. The first kappa shape index (κ1) is 28.0. The summed E-state index contributed by atoms with van der Waals surface area (Å²) in [5.74, 6) is 0.153. The summed E-state index contributed by atoms with van der Waals surface area (Å²) in [5.41, 5.74) is 1.03. The van der Waals surface area contributed by atoms with Crippen LogP contribution < -0.4 is 19.1 Å². The van der Waals surface area contributed by atoms with E-state index in [2.05, 4.69) is 5.32 Å². The molecule has 0 fully saturated rings. The largest absolute Gasteiger partial charge is 0.497 e. The third kappa shape index (κ3) is 7.88. The van der Waals surface area contributed by atoms with E-state index in [9.17, 15) is 18.0 Å². The molecule has 1 atom stereocenters. The van der Waals surface area contributed by atoms with Gasteiger partial charge in [0.25, 0.3) is 0 Å². The maximum absolute atomic E-state index is 13.6. The molecule has 2 aromatic rings. The van der Waals surface area contributed by atoms with Crippen LogP contribution in [0.5, 0.6) is 11.5 Å². The highest BCUT2D eigenvalue weighted by molar-refractivity contribution is 7.92. The van der Waals surface area contributed by atoms with Gasteiger partial charge in [0.1, 0.15) is 24.1 Å². The number of benzene rings is 2. The van der Waals surface area contributed by atoms with Crippen LogP contribution in [0.25, 0.3) is 0 Å². The lowest BCUT2D eigenvalue weighted by Gasteiger charge is -2.32. The molecule has 0 heterocycles. The number of ether oxygens (including phenoxy) is 2.